The Morgan fingerprint density at radius 3 is 2.72 bits per heavy atom. The highest BCUT2D eigenvalue weighted by atomic mass is 32.2. The number of anilines is 1. The van der Waals surface area contributed by atoms with Crippen molar-refractivity contribution in [3.8, 4) is 5.69 Å². The number of aryl methyl sites for hydroxylation is 1. The van der Waals surface area contributed by atoms with Gasteiger partial charge in [-0.15, -0.1) is 11.8 Å². The fourth-order valence-corrected chi connectivity index (χ4v) is 3.98. The van der Waals surface area contributed by atoms with Crippen LogP contribution >= 0.6 is 11.8 Å². The van der Waals surface area contributed by atoms with Gasteiger partial charge in [-0.05, 0) is 50.1 Å². The largest absolute Gasteiger partial charge is 0.383 e. The Bertz CT molecular complexity index is 1030. The number of carbonyl (C=O) groups excluding carboxylic acids is 2. The number of benzene rings is 1. The standard InChI is InChI=1S/C22H24N4O2S/c1-13-8-9-15(21(28)24-16-10-11-16)12-17(13)26-20(23)18(22(25-26)29-2)19(27)14-6-4-3-5-7-14/h3-6,8-9,12,14,16H,7,10-11,23H2,1-2H3,(H,24,28). The third-order valence-electron chi connectivity index (χ3n) is 5.26. The summed E-state index contributed by atoms with van der Waals surface area (Å²) in [5, 5.41) is 8.21. The number of nitrogen functional groups attached to an aromatic ring is 1. The zero-order valence-electron chi connectivity index (χ0n) is 16.5. The van der Waals surface area contributed by atoms with E-state index in [2.05, 4.69) is 10.4 Å². The number of Topliss-reactive ketones (excluding diaryl/α,β-unsaturated/α-hetero) is 1. The topological polar surface area (TPSA) is 90.0 Å². The van der Waals surface area contributed by atoms with E-state index in [-0.39, 0.29) is 23.7 Å². The first-order valence-corrected chi connectivity index (χ1v) is 10.9. The molecule has 2 aliphatic rings. The van der Waals surface area contributed by atoms with Crippen LogP contribution in [0.4, 0.5) is 5.82 Å². The summed E-state index contributed by atoms with van der Waals surface area (Å²) in [6, 6.07) is 5.76. The van der Waals surface area contributed by atoms with Crippen molar-refractivity contribution in [1.29, 1.82) is 0 Å². The molecule has 2 aliphatic carbocycles. The number of carbonyl (C=O) groups is 2. The molecule has 1 aromatic heterocycles. The van der Waals surface area contributed by atoms with Gasteiger partial charge in [-0.3, -0.25) is 9.59 Å². The maximum atomic E-state index is 13.1. The molecule has 1 unspecified atom stereocenters. The smallest absolute Gasteiger partial charge is 0.251 e. The maximum absolute atomic E-state index is 13.1. The van der Waals surface area contributed by atoms with Gasteiger partial charge < -0.3 is 11.1 Å². The van der Waals surface area contributed by atoms with Gasteiger partial charge in [0.2, 0.25) is 0 Å². The summed E-state index contributed by atoms with van der Waals surface area (Å²) >= 11 is 1.40. The normalized spacial score (nSPS) is 18.1. The average Bonchev–Trinajstić information content (AvgIpc) is 3.49. The first-order valence-electron chi connectivity index (χ1n) is 9.71. The number of hydrogen-bond acceptors (Lipinski definition) is 5. The van der Waals surface area contributed by atoms with E-state index >= 15 is 0 Å². The number of allylic oxidation sites excluding steroid dienone is 4. The molecule has 2 aromatic rings. The molecule has 29 heavy (non-hydrogen) atoms. The molecule has 1 atom stereocenters. The molecule has 6 nitrogen and oxygen atoms in total. The summed E-state index contributed by atoms with van der Waals surface area (Å²) in [6.07, 6.45) is 12.3. The van der Waals surface area contributed by atoms with E-state index in [0.29, 0.717) is 34.1 Å². The minimum atomic E-state index is -0.234. The van der Waals surface area contributed by atoms with Gasteiger partial charge in [0.15, 0.2) is 5.78 Å². The van der Waals surface area contributed by atoms with Gasteiger partial charge in [-0.2, -0.15) is 5.10 Å². The number of nitrogens with two attached hydrogens (primary N) is 1. The maximum Gasteiger partial charge on any atom is 0.251 e. The van der Waals surface area contributed by atoms with E-state index in [1.165, 1.54) is 11.8 Å². The van der Waals surface area contributed by atoms with Crippen LogP contribution in [0.25, 0.3) is 5.69 Å². The van der Waals surface area contributed by atoms with Gasteiger partial charge in [-0.25, -0.2) is 4.68 Å². The van der Waals surface area contributed by atoms with Gasteiger partial charge >= 0.3 is 0 Å². The van der Waals surface area contributed by atoms with Crippen molar-refractivity contribution in [2.24, 2.45) is 5.92 Å². The van der Waals surface area contributed by atoms with E-state index < -0.39 is 0 Å². The van der Waals surface area contributed by atoms with E-state index in [9.17, 15) is 9.59 Å². The summed E-state index contributed by atoms with van der Waals surface area (Å²) in [6.45, 7) is 1.94. The summed E-state index contributed by atoms with van der Waals surface area (Å²) in [7, 11) is 0. The Hall–Kier alpha value is -2.80. The molecule has 0 bridgehead atoms. The van der Waals surface area contributed by atoms with Crippen LogP contribution in [0.5, 0.6) is 0 Å². The number of ketones is 1. The van der Waals surface area contributed by atoms with Crippen molar-refractivity contribution in [2.45, 2.75) is 37.3 Å². The van der Waals surface area contributed by atoms with Crippen molar-refractivity contribution in [2.75, 3.05) is 12.0 Å². The van der Waals surface area contributed by atoms with E-state index in [4.69, 9.17) is 5.73 Å². The summed E-state index contributed by atoms with van der Waals surface area (Å²) in [5.41, 5.74) is 9.08. The monoisotopic (exact) mass is 408 g/mol. The van der Waals surface area contributed by atoms with Crippen molar-refractivity contribution < 1.29 is 9.59 Å². The lowest BCUT2D eigenvalue weighted by Crippen LogP contribution is -2.25. The van der Waals surface area contributed by atoms with Gasteiger partial charge in [0.25, 0.3) is 5.91 Å². The Morgan fingerprint density at radius 1 is 1.28 bits per heavy atom. The van der Waals surface area contributed by atoms with E-state index in [1.807, 2.05) is 43.5 Å². The van der Waals surface area contributed by atoms with E-state index in [0.717, 1.165) is 18.4 Å². The number of rotatable bonds is 6. The first-order chi connectivity index (χ1) is 14.0. The molecule has 150 valence electrons. The molecule has 0 aliphatic heterocycles. The minimum Gasteiger partial charge on any atom is -0.383 e. The molecule has 1 fully saturated rings. The second-order valence-electron chi connectivity index (χ2n) is 7.45. The highest BCUT2D eigenvalue weighted by Gasteiger charge is 2.28. The highest BCUT2D eigenvalue weighted by molar-refractivity contribution is 7.98. The fraction of sp³-hybridized carbons (Fsp3) is 0.318. The molecule has 0 radical (unpaired) electrons. The second kappa shape index (κ2) is 7.91. The summed E-state index contributed by atoms with van der Waals surface area (Å²) in [5.74, 6) is -0.0493. The number of nitrogens with zero attached hydrogens (tertiary/aromatic N) is 2. The molecule has 0 spiro atoms. The lowest BCUT2D eigenvalue weighted by molar-refractivity contribution is 0.0938. The second-order valence-corrected chi connectivity index (χ2v) is 8.24. The van der Waals surface area contributed by atoms with Crippen LogP contribution in [0.2, 0.25) is 0 Å². The Balaban J connectivity index is 1.72. The molecule has 3 N–H and O–H groups in total. The number of thioether (sulfide) groups is 1. The van der Waals surface area contributed by atoms with Crippen LogP contribution in [0.1, 0.15) is 45.5 Å². The number of amides is 1. The molecule has 7 heteroatoms. The molecule has 1 aromatic carbocycles. The zero-order valence-corrected chi connectivity index (χ0v) is 17.3. The van der Waals surface area contributed by atoms with Crippen LogP contribution < -0.4 is 11.1 Å². The van der Waals surface area contributed by atoms with Crippen LogP contribution in [0.15, 0.2) is 47.5 Å². The Kier molecular flexibility index (Phi) is 5.32. The molecule has 0 saturated heterocycles. The number of hydrogen-bond donors (Lipinski definition) is 2. The Labute approximate surface area is 174 Å². The first kappa shape index (κ1) is 19.5. The lowest BCUT2D eigenvalue weighted by Gasteiger charge is -2.13. The predicted molar refractivity (Wildman–Crippen MR) is 116 cm³/mol. The van der Waals surface area contributed by atoms with Gasteiger partial charge in [-0.1, -0.05) is 30.4 Å². The molecule has 1 heterocycles. The fourth-order valence-electron chi connectivity index (χ4n) is 3.40. The number of nitrogens with one attached hydrogen (secondary N) is 1. The SMILES string of the molecule is CSc1nn(-c2cc(C(=O)NC3CC3)ccc2C)c(N)c1C(=O)C1C=CC=CC1. The van der Waals surface area contributed by atoms with Crippen molar-refractivity contribution in [1.82, 2.24) is 15.1 Å². The van der Waals surface area contributed by atoms with Gasteiger partial charge in [0.05, 0.1) is 11.3 Å². The molecule has 4 rings (SSSR count). The molecule has 1 amide bonds. The van der Waals surface area contributed by atoms with E-state index in [1.54, 1.807) is 16.8 Å². The molecular formula is C22H24N4O2S. The van der Waals surface area contributed by atoms with Gasteiger partial charge in [0.1, 0.15) is 10.8 Å². The third-order valence-corrected chi connectivity index (χ3v) is 5.93. The van der Waals surface area contributed by atoms with Crippen LogP contribution in [-0.4, -0.2) is 33.8 Å². The van der Waals surface area contributed by atoms with Crippen molar-refractivity contribution >= 4 is 29.3 Å². The van der Waals surface area contributed by atoms with Gasteiger partial charge in [0, 0.05) is 17.5 Å². The highest BCUT2D eigenvalue weighted by Crippen LogP contribution is 2.32. The number of aromatic nitrogens is 2. The van der Waals surface area contributed by atoms with Crippen molar-refractivity contribution in [3.63, 3.8) is 0 Å². The van der Waals surface area contributed by atoms with Crippen LogP contribution in [0, 0.1) is 12.8 Å². The molecule has 1 saturated carbocycles. The van der Waals surface area contributed by atoms with Crippen LogP contribution in [0.3, 0.4) is 0 Å². The predicted octanol–water partition coefficient (Wildman–Crippen LogP) is 3.69. The Morgan fingerprint density at radius 2 is 2.07 bits per heavy atom. The van der Waals surface area contributed by atoms with Crippen molar-refractivity contribution in [3.05, 3.63) is 59.2 Å². The van der Waals surface area contributed by atoms with Crippen LogP contribution in [-0.2, 0) is 0 Å². The summed E-state index contributed by atoms with van der Waals surface area (Å²) < 4.78 is 1.59. The molecular weight excluding hydrogens is 384 g/mol. The lowest BCUT2D eigenvalue weighted by atomic mass is 9.93. The summed E-state index contributed by atoms with van der Waals surface area (Å²) in [4.78, 5) is 25.6. The minimum absolute atomic E-state index is 0.0287. The zero-order chi connectivity index (χ0) is 20.5. The third kappa shape index (κ3) is 3.87. The average molecular weight is 409 g/mol. The quantitative estimate of drug-likeness (QED) is 0.562.